The summed E-state index contributed by atoms with van der Waals surface area (Å²) < 4.78 is 5.69. The van der Waals surface area contributed by atoms with Crippen LogP contribution >= 0.6 is 0 Å². The minimum absolute atomic E-state index is 0.398. The van der Waals surface area contributed by atoms with Gasteiger partial charge < -0.3 is 15.0 Å². The first-order valence-electron chi connectivity index (χ1n) is 5.79. The molecule has 0 aromatic heterocycles. The van der Waals surface area contributed by atoms with Gasteiger partial charge in [-0.05, 0) is 32.7 Å². The molecule has 1 aliphatic heterocycles. The highest BCUT2D eigenvalue weighted by Gasteiger charge is 2.28. The molecule has 3 heteroatoms. The number of hydrogen-bond acceptors (Lipinski definition) is 3. The van der Waals surface area contributed by atoms with Gasteiger partial charge in [-0.15, -0.1) is 0 Å². The van der Waals surface area contributed by atoms with E-state index >= 15 is 0 Å². The Balaban J connectivity index is 1.63. The van der Waals surface area contributed by atoms with E-state index in [9.17, 15) is 0 Å². The minimum Gasteiger partial charge on any atom is -0.374 e. The molecule has 2 atom stereocenters. The smallest absolute Gasteiger partial charge is 0.0826 e. The van der Waals surface area contributed by atoms with E-state index in [2.05, 4.69) is 24.2 Å². The van der Waals surface area contributed by atoms with E-state index in [0.29, 0.717) is 12.1 Å². The van der Waals surface area contributed by atoms with Crippen molar-refractivity contribution in [3.63, 3.8) is 0 Å². The second-order valence-corrected chi connectivity index (χ2v) is 4.79. The summed E-state index contributed by atoms with van der Waals surface area (Å²) in [5.41, 5.74) is 0. The van der Waals surface area contributed by atoms with Gasteiger partial charge >= 0.3 is 0 Å². The third-order valence-corrected chi connectivity index (χ3v) is 3.34. The van der Waals surface area contributed by atoms with Gasteiger partial charge in [-0.2, -0.15) is 0 Å². The number of morpholine rings is 1. The fraction of sp³-hybridized carbons (Fsp3) is 1.00. The molecule has 2 rings (SSSR count). The summed E-state index contributed by atoms with van der Waals surface area (Å²) in [5.74, 6) is 0.941. The zero-order valence-electron chi connectivity index (χ0n) is 9.33. The third kappa shape index (κ3) is 2.94. The molecule has 82 valence electrons. The van der Waals surface area contributed by atoms with Crippen molar-refractivity contribution in [2.24, 2.45) is 5.92 Å². The van der Waals surface area contributed by atoms with Gasteiger partial charge in [-0.3, -0.25) is 0 Å². The number of ether oxygens (including phenoxy) is 1. The molecule has 1 N–H and O–H groups in total. The van der Waals surface area contributed by atoms with Crippen molar-refractivity contribution in [1.29, 1.82) is 0 Å². The first kappa shape index (κ1) is 10.4. The summed E-state index contributed by atoms with van der Waals surface area (Å²) in [6.45, 7) is 6.35. The van der Waals surface area contributed by atoms with Gasteiger partial charge in [-0.1, -0.05) is 0 Å². The number of hydrogen-bond donors (Lipinski definition) is 1. The second kappa shape index (κ2) is 4.60. The number of nitrogens with one attached hydrogen (secondary N) is 1. The molecule has 0 radical (unpaired) electrons. The van der Waals surface area contributed by atoms with Gasteiger partial charge in [0.2, 0.25) is 0 Å². The minimum atomic E-state index is 0.398. The number of likely N-dealkylation sites (N-methyl/N-ethyl adjacent to an activating group) is 1. The van der Waals surface area contributed by atoms with Gasteiger partial charge in [0.25, 0.3) is 0 Å². The van der Waals surface area contributed by atoms with E-state index in [1.54, 1.807) is 0 Å². The van der Waals surface area contributed by atoms with Gasteiger partial charge in [0.1, 0.15) is 0 Å². The van der Waals surface area contributed by atoms with Crippen LogP contribution < -0.4 is 5.32 Å². The van der Waals surface area contributed by atoms with Crippen molar-refractivity contribution < 1.29 is 4.74 Å². The van der Waals surface area contributed by atoms with Crippen LogP contribution in [-0.2, 0) is 4.74 Å². The highest BCUT2D eigenvalue weighted by molar-refractivity contribution is 4.84. The molecular weight excluding hydrogens is 176 g/mol. The topological polar surface area (TPSA) is 24.5 Å². The molecule has 1 saturated carbocycles. The molecule has 0 aromatic rings. The molecule has 0 unspecified atom stereocenters. The van der Waals surface area contributed by atoms with Crippen molar-refractivity contribution in [3.8, 4) is 0 Å². The van der Waals surface area contributed by atoms with Crippen LogP contribution in [0.4, 0.5) is 0 Å². The number of nitrogens with zero attached hydrogens (tertiary/aromatic N) is 1. The van der Waals surface area contributed by atoms with E-state index < -0.39 is 0 Å². The van der Waals surface area contributed by atoms with Gasteiger partial charge in [0.05, 0.1) is 12.7 Å². The second-order valence-electron chi connectivity index (χ2n) is 4.79. The maximum absolute atomic E-state index is 5.69. The van der Waals surface area contributed by atoms with Crippen LogP contribution in [0.15, 0.2) is 0 Å². The molecule has 0 amide bonds. The number of rotatable bonds is 4. The average molecular weight is 198 g/mol. The van der Waals surface area contributed by atoms with Gasteiger partial charge in [0.15, 0.2) is 0 Å². The Labute approximate surface area is 86.8 Å². The summed E-state index contributed by atoms with van der Waals surface area (Å²) in [6, 6.07) is 0.686. The van der Waals surface area contributed by atoms with Crippen LogP contribution in [-0.4, -0.2) is 50.3 Å². The van der Waals surface area contributed by atoms with Gasteiger partial charge in [0, 0.05) is 25.7 Å². The predicted octanol–water partition coefficient (Wildman–Crippen LogP) is 0.705. The molecule has 0 spiro atoms. The molecule has 1 heterocycles. The highest BCUT2D eigenvalue weighted by Crippen LogP contribution is 2.32. The Morgan fingerprint density at radius 2 is 2.29 bits per heavy atom. The Kier molecular flexibility index (Phi) is 3.42. The first-order chi connectivity index (χ1) is 6.75. The summed E-state index contributed by atoms with van der Waals surface area (Å²) in [4.78, 5) is 2.34. The largest absolute Gasteiger partial charge is 0.374 e. The fourth-order valence-corrected chi connectivity index (χ4v) is 2.07. The van der Waals surface area contributed by atoms with Crippen LogP contribution in [0.3, 0.4) is 0 Å². The Morgan fingerprint density at radius 1 is 1.50 bits per heavy atom. The van der Waals surface area contributed by atoms with Crippen molar-refractivity contribution in [3.05, 3.63) is 0 Å². The van der Waals surface area contributed by atoms with E-state index in [-0.39, 0.29) is 0 Å². The lowest BCUT2D eigenvalue weighted by Crippen LogP contribution is -2.46. The molecule has 1 aliphatic carbocycles. The van der Waals surface area contributed by atoms with Crippen molar-refractivity contribution >= 4 is 0 Å². The van der Waals surface area contributed by atoms with E-state index in [0.717, 1.165) is 32.2 Å². The van der Waals surface area contributed by atoms with Gasteiger partial charge in [-0.25, -0.2) is 0 Å². The predicted molar refractivity (Wildman–Crippen MR) is 57.4 cm³/mol. The quantitative estimate of drug-likeness (QED) is 0.720. The lowest BCUT2D eigenvalue weighted by Gasteiger charge is -2.31. The monoisotopic (exact) mass is 198 g/mol. The normalized spacial score (nSPS) is 31.7. The lowest BCUT2D eigenvalue weighted by atomic mass is 10.2. The molecular formula is C11H22N2O. The Morgan fingerprint density at radius 3 is 2.93 bits per heavy atom. The van der Waals surface area contributed by atoms with E-state index in [1.165, 1.54) is 12.8 Å². The summed E-state index contributed by atoms with van der Waals surface area (Å²) in [6.07, 6.45) is 3.23. The maximum atomic E-state index is 5.69. The third-order valence-electron chi connectivity index (χ3n) is 3.34. The van der Waals surface area contributed by atoms with Crippen LogP contribution in [0.25, 0.3) is 0 Å². The average Bonchev–Trinajstić information content (AvgIpc) is 2.97. The highest BCUT2D eigenvalue weighted by atomic mass is 16.5. The van der Waals surface area contributed by atoms with Crippen LogP contribution in [0, 0.1) is 5.92 Å². The maximum Gasteiger partial charge on any atom is 0.0826 e. The summed E-state index contributed by atoms with van der Waals surface area (Å²) in [7, 11) is 2.17. The fourth-order valence-electron chi connectivity index (χ4n) is 2.07. The van der Waals surface area contributed by atoms with Crippen molar-refractivity contribution in [2.75, 3.05) is 33.3 Å². The first-order valence-corrected chi connectivity index (χ1v) is 5.79. The zero-order chi connectivity index (χ0) is 9.97. The lowest BCUT2D eigenvalue weighted by molar-refractivity contribution is -0.0193. The van der Waals surface area contributed by atoms with E-state index in [1.807, 2.05) is 0 Å². The zero-order valence-corrected chi connectivity index (χ0v) is 9.33. The standard InChI is InChI=1S/C11H22N2O/c1-9(10-3-4-10)12-7-11-8-13(2)5-6-14-11/h9-12H,3-8H2,1-2H3/t9-,11+/m1/s1. The molecule has 2 aliphatic rings. The van der Waals surface area contributed by atoms with E-state index in [4.69, 9.17) is 4.74 Å². The molecule has 2 fully saturated rings. The van der Waals surface area contributed by atoms with Crippen LogP contribution in [0.5, 0.6) is 0 Å². The van der Waals surface area contributed by atoms with Crippen molar-refractivity contribution in [2.45, 2.75) is 31.9 Å². The molecule has 14 heavy (non-hydrogen) atoms. The van der Waals surface area contributed by atoms with Crippen LogP contribution in [0.1, 0.15) is 19.8 Å². The summed E-state index contributed by atoms with van der Waals surface area (Å²) >= 11 is 0. The summed E-state index contributed by atoms with van der Waals surface area (Å²) in [5, 5.41) is 3.58. The SMILES string of the molecule is C[C@@H](NC[C@H]1CN(C)CCO1)C1CC1. The molecule has 0 aromatic carbocycles. The molecule has 0 bridgehead atoms. The molecule has 3 nitrogen and oxygen atoms in total. The van der Waals surface area contributed by atoms with Crippen LogP contribution in [0.2, 0.25) is 0 Å². The Hall–Kier alpha value is -0.120. The molecule has 1 saturated heterocycles. The Bertz CT molecular complexity index is 182. The van der Waals surface area contributed by atoms with Crippen molar-refractivity contribution in [1.82, 2.24) is 10.2 Å².